The first-order valence-electron chi connectivity index (χ1n) is 9.60. The molecule has 1 aromatic heterocycles. The number of ether oxygens (including phenoxy) is 3. The van der Waals surface area contributed by atoms with Crippen molar-refractivity contribution >= 4 is 27.7 Å². The highest BCUT2D eigenvalue weighted by molar-refractivity contribution is 7.89. The first-order valence-corrected chi connectivity index (χ1v) is 11.1. The number of nitrogens with one attached hydrogen (secondary N) is 2. The van der Waals surface area contributed by atoms with Crippen LogP contribution in [0.3, 0.4) is 0 Å². The van der Waals surface area contributed by atoms with E-state index in [0.29, 0.717) is 30.5 Å². The quantitative estimate of drug-likeness (QED) is 0.420. The highest BCUT2D eigenvalue weighted by Gasteiger charge is 2.19. The summed E-state index contributed by atoms with van der Waals surface area (Å²) in [5, 5.41) is 6.68. The van der Waals surface area contributed by atoms with Crippen LogP contribution in [-0.2, 0) is 31.4 Å². The van der Waals surface area contributed by atoms with Crippen LogP contribution in [0.2, 0.25) is 0 Å². The molecule has 0 unspecified atom stereocenters. The SMILES string of the molecule is Cc1cc(NC(=O)COC(=O)CCCNS(=O)(=O)c2ccc3c(c2)OCCO3)n(C)n1. The molecule has 0 spiro atoms. The van der Waals surface area contributed by atoms with E-state index in [0.717, 1.165) is 5.69 Å². The molecule has 0 fully saturated rings. The molecule has 0 saturated carbocycles. The first kappa shape index (κ1) is 22.6. The van der Waals surface area contributed by atoms with Gasteiger partial charge in [0.05, 0.1) is 10.6 Å². The summed E-state index contributed by atoms with van der Waals surface area (Å²) >= 11 is 0. The summed E-state index contributed by atoms with van der Waals surface area (Å²) in [4.78, 5) is 23.7. The van der Waals surface area contributed by atoms with Gasteiger partial charge in [-0.3, -0.25) is 14.3 Å². The molecule has 2 N–H and O–H groups in total. The van der Waals surface area contributed by atoms with Gasteiger partial charge in [-0.1, -0.05) is 0 Å². The summed E-state index contributed by atoms with van der Waals surface area (Å²) in [6, 6.07) is 6.05. The number of aromatic nitrogens is 2. The lowest BCUT2D eigenvalue weighted by atomic mass is 10.3. The zero-order valence-electron chi connectivity index (χ0n) is 17.2. The molecule has 12 heteroatoms. The Labute approximate surface area is 179 Å². The predicted octanol–water partition coefficient (Wildman–Crippen LogP) is 0.740. The molecule has 1 aliphatic rings. The molecular formula is C19H24N4O7S. The van der Waals surface area contributed by atoms with Crippen LogP contribution in [0.1, 0.15) is 18.5 Å². The third-order valence-electron chi connectivity index (χ3n) is 4.31. The van der Waals surface area contributed by atoms with Gasteiger partial charge in [-0.25, -0.2) is 13.1 Å². The van der Waals surface area contributed by atoms with Gasteiger partial charge < -0.3 is 19.5 Å². The molecule has 0 radical (unpaired) electrons. The second kappa shape index (κ2) is 9.79. The number of benzene rings is 1. The second-order valence-electron chi connectivity index (χ2n) is 6.81. The summed E-state index contributed by atoms with van der Waals surface area (Å²) in [6.07, 6.45) is 0.174. The van der Waals surface area contributed by atoms with Gasteiger partial charge in [-0.15, -0.1) is 0 Å². The third kappa shape index (κ3) is 6.18. The lowest BCUT2D eigenvalue weighted by Gasteiger charge is -2.18. The summed E-state index contributed by atoms with van der Waals surface area (Å²) in [7, 11) is -2.08. The molecule has 1 aliphatic heterocycles. The minimum atomic E-state index is -3.76. The molecule has 2 aromatic rings. The van der Waals surface area contributed by atoms with Crippen LogP contribution >= 0.6 is 0 Å². The van der Waals surface area contributed by atoms with E-state index in [9.17, 15) is 18.0 Å². The molecule has 3 rings (SSSR count). The van der Waals surface area contributed by atoms with Crippen LogP contribution in [0, 0.1) is 6.92 Å². The number of anilines is 1. The Morgan fingerprint density at radius 3 is 2.65 bits per heavy atom. The van der Waals surface area contributed by atoms with E-state index in [1.165, 1.54) is 22.9 Å². The molecular weight excluding hydrogens is 428 g/mol. The van der Waals surface area contributed by atoms with Crippen molar-refractivity contribution in [1.29, 1.82) is 0 Å². The summed E-state index contributed by atoms with van der Waals surface area (Å²) < 4.78 is 44.4. The van der Waals surface area contributed by atoms with Crippen molar-refractivity contribution in [1.82, 2.24) is 14.5 Å². The van der Waals surface area contributed by atoms with Crippen molar-refractivity contribution in [2.45, 2.75) is 24.7 Å². The van der Waals surface area contributed by atoms with Crippen molar-refractivity contribution in [3.8, 4) is 11.5 Å². The average Bonchev–Trinajstić information content (AvgIpc) is 3.05. The number of sulfonamides is 1. The third-order valence-corrected chi connectivity index (χ3v) is 5.77. The number of carbonyl (C=O) groups excluding carboxylic acids is 2. The number of aryl methyl sites for hydroxylation is 2. The second-order valence-corrected chi connectivity index (χ2v) is 8.58. The van der Waals surface area contributed by atoms with Crippen LogP contribution in [0.4, 0.5) is 5.82 Å². The van der Waals surface area contributed by atoms with E-state index >= 15 is 0 Å². The lowest BCUT2D eigenvalue weighted by molar-refractivity contribution is -0.147. The van der Waals surface area contributed by atoms with Gasteiger partial charge in [0.25, 0.3) is 5.91 Å². The van der Waals surface area contributed by atoms with Gasteiger partial charge in [-0.2, -0.15) is 5.10 Å². The molecule has 11 nitrogen and oxygen atoms in total. The average molecular weight is 452 g/mol. The van der Waals surface area contributed by atoms with Crippen molar-refractivity contribution in [3.05, 3.63) is 30.0 Å². The van der Waals surface area contributed by atoms with E-state index < -0.39 is 28.5 Å². The largest absolute Gasteiger partial charge is 0.486 e. The standard InChI is InChI=1S/C19H24N4O7S/c1-13-10-17(23(2)22-13)21-18(24)12-30-19(25)4-3-7-20-31(26,27)14-5-6-15-16(11-14)29-9-8-28-15/h5-6,10-11,20H,3-4,7-9,12H2,1-2H3,(H,21,24). The Kier molecular flexibility index (Phi) is 7.13. The maximum Gasteiger partial charge on any atom is 0.306 e. The van der Waals surface area contributed by atoms with Crippen LogP contribution in [0.15, 0.2) is 29.2 Å². The monoisotopic (exact) mass is 452 g/mol. The number of hydrogen-bond acceptors (Lipinski definition) is 8. The minimum absolute atomic E-state index is 0.0341. The lowest BCUT2D eigenvalue weighted by Crippen LogP contribution is -2.26. The highest BCUT2D eigenvalue weighted by atomic mass is 32.2. The molecule has 168 valence electrons. The summed E-state index contributed by atoms with van der Waals surface area (Å²) in [5.41, 5.74) is 0.744. The fraction of sp³-hybridized carbons (Fsp3) is 0.421. The van der Waals surface area contributed by atoms with Crippen LogP contribution in [0.5, 0.6) is 11.5 Å². The van der Waals surface area contributed by atoms with E-state index in [4.69, 9.17) is 14.2 Å². The Balaban J connectivity index is 1.38. The first-order chi connectivity index (χ1) is 14.7. The fourth-order valence-electron chi connectivity index (χ4n) is 2.84. The number of rotatable bonds is 9. The maximum atomic E-state index is 12.4. The Morgan fingerprint density at radius 1 is 1.19 bits per heavy atom. The highest BCUT2D eigenvalue weighted by Crippen LogP contribution is 2.32. The normalized spacial score (nSPS) is 13.0. The van der Waals surface area contributed by atoms with E-state index in [2.05, 4.69) is 15.1 Å². The summed E-state index contributed by atoms with van der Waals surface area (Å²) in [5.74, 6) is 0.269. The van der Waals surface area contributed by atoms with Gasteiger partial charge in [0.2, 0.25) is 10.0 Å². The van der Waals surface area contributed by atoms with E-state index in [-0.39, 0.29) is 24.3 Å². The van der Waals surface area contributed by atoms with Crippen LogP contribution in [-0.4, -0.2) is 56.4 Å². The van der Waals surface area contributed by atoms with E-state index in [1.54, 1.807) is 20.0 Å². The molecule has 31 heavy (non-hydrogen) atoms. The molecule has 0 aliphatic carbocycles. The van der Waals surface area contributed by atoms with Crippen LogP contribution in [0.25, 0.3) is 0 Å². The molecule has 0 bridgehead atoms. The van der Waals surface area contributed by atoms with Gasteiger partial charge in [0, 0.05) is 32.1 Å². The summed E-state index contributed by atoms with van der Waals surface area (Å²) in [6.45, 7) is 2.15. The topological polar surface area (TPSA) is 138 Å². The van der Waals surface area contributed by atoms with E-state index in [1.807, 2.05) is 0 Å². The van der Waals surface area contributed by atoms with Gasteiger partial charge in [-0.05, 0) is 25.5 Å². The Hall–Kier alpha value is -3.12. The van der Waals surface area contributed by atoms with Crippen molar-refractivity contribution in [2.24, 2.45) is 7.05 Å². The molecule has 0 atom stereocenters. The molecule has 0 saturated heterocycles. The fourth-order valence-corrected chi connectivity index (χ4v) is 3.93. The van der Waals surface area contributed by atoms with Crippen molar-refractivity contribution in [3.63, 3.8) is 0 Å². The number of esters is 1. The number of carbonyl (C=O) groups is 2. The maximum absolute atomic E-state index is 12.4. The predicted molar refractivity (Wildman–Crippen MR) is 109 cm³/mol. The van der Waals surface area contributed by atoms with Gasteiger partial charge in [0.1, 0.15) is 19.0 Å². The molecule has 2 heterocycles. The zero-order valence-corrected chi connectivity index (χ0v) is 18.0. The van der Waals surface area contributed by atoms with Crippen molar-refractivity contribution in [2.75, 3.05) is 31.7 Å². The Morgan fingerprint density at radius 2 is 1.94 bits per heavy atom. The number of hydrogen-bond donors (Lipinski definition) is 2. The number of nitrogens with zero attached hydrogens (tertiary/aromatic N) is 2. The van der Waals surface area contributed by atoms with Crippen LogP contribution < -0.4 is 19.5 Å². The number of amides is 1. The smallest absolute Gasteiger partial charge is 0.306 e. The Bertz CT molecular complexity index is 1070. The number of fused-ring (bicyclic) bond motifs is 1. The van der Waals surface area contributed by atoms with Gasteiger partial charge >= 0.3 is 5.97 Å². The molecule has 1 amide bonds. The zero-order chi connectivity index (χ0) is 22.4. The van der Waals surface area contributed by atoms with Crippen molar-refractivity contribution < 1.29 is 32.2 Å². The minimum Gasteiger partial charge on any atom is -0.486 e. The molecule has 1 aromatic carbocycles. The van der Waals surface area contributed by atoms with Gasteiger partial charge in [0.15, 0.2) is 18.1 Å².